The Hall–Kier alpha value is -5.08. The van der Waals surface area contributed by atoms with E-state index in [1.807, 2.05) is 135 Å². The molecule has 0 aliphatic carbocycles. The molecule has 0 spiro atoms. The summed E-state index contributed by atoms with van der Waals surface area (Å²) in [5, 5.41) is 3.32. The fraction of sp³-hybridized carbons (Fsp3) is 0.263. The molecule has 1 aromatic heterocycles. The second-order valence-electron chi connectivity index (χ2n) is 10.8. The number of hydrogen-bond donors (Lipinski definition) is 1. The van der Waals surface area contributed by atoms with E-state index in [4.69, 9.17) is 9.47 Å². The number of ether oxygens (including phenoxy) is 2. The highest BCUT2D eigenvalue weighted by molar-refractivity contribution is 5.99. The number of piperazine rings is 1. The van der Waals surface area contributed by atoms with Crippen LogP contribution in [0.2, 0.25) is 0 Å². The lowest BCUT2D eigenvalue weighted by Crippen LogP contribution is -2.47. The first-order chi connectivity index (χ1) is 22.6. The van der Waals surface area contributed by atoms with Crippen LogP contribution >= 0.6 is 0 Å². The number of aromatic nitrogens is 2. The van der Waals surface area contributed by atoms with Gasteiger partial charge in [0, 0.05) is 31.7 Å². The van der Waals surface area contributed by atoms with Crippen LogP contribution in [0.4, 0.5) is 0 Å². The minimum atomic E-state index is -0.265. The molecule has 2 heterocycles. The maximum Gasteiger partial charge on any atom is 0.334 e. The number of carbonyl (C=O) groups excluding carboxylic acids is 1. The summed E-state index contributed by atoms with van der Waals surface area (Å²) in [5.74, 6) is 1.31. The van der Waals surface area contributed by atoms with E-state index < -0.39 is 0 Å². The minimum Gasteiger partial charge on any atom is -0.490 e. The monoisotopic (exact) mass is 618 g/mol. The van der Waals surface area contributed by atoms with Gasteiger partial charge in [0.2, 0.25) is 0 Å². The van der Waals surface area contributed by atoms with Gasteiger partial charge in [-0.1, -0.05) is 92.7 Å². The van der Waals surface area contributed by atoms with Crippen LogP contribution in [0.25, 0.3) is 16.9 Å². The average molecular weight is 619 g/mol. The molecule has 1 aliphatic heterocycles. The molecule has 1 amide bonds. The van der Waals surface area contributed by atoms with Gasteiger partial charge < -0.3 is 19.7 Å². The lowest BCUT2D eigenvalue weighted by molar-refractivity contribution is 0.0725. The number of nitrogens with zero attached hydrogens (tertiary/aromatic N) is 3. The molecule has 6 rings (SSSR count). The molecular formula is C38H42N4O4. The van der Waals surface area contributed by atoms with Gasteiger partial charge in [0.05, 0.1) is 17.9 Å². The second-order valence-corrected chi connectivity index (χ2v) is 10.8. The summed E-state index contributed by atoms with van der Waals surface area (Å²) in [6.07, 6.45) is 0. The molecule has 5 aromatic rings. The second kappa shape index (κ2) is 15.8. The van der Waals surface area contributed by atoms with Crippen LogP contribution in [0, 0.1) is 6.92 Å². The first-order valence-electron chi connectivity index (χ1n) is 16.0. The van der Waals surface area contributed by atoms with Crippen molar-refractivity contribution in [3.63, 3.8) is 0 Å². The number of para-hydroxylation sites is 2. The summed E-state index contributed by atoms with van der Waals surface area (Å²) in [4.78, 5) is 30.6. The summed E-state index contributed by atoms with van der Waals surface area (Å²) in [6.45, 7) is 9.53. The number of imidazole rings is 1. The smallest absolute Gasteiger partial charge is 0.334 e. The van der Waals surface area contributed by atoms with E-state index in [0.717, 1.165) is 28.1 Å². The van der Waals surface area contributed by atoms with Crippen molar-refractivity contribution in [2.45, 2.75) is 27.3 Å². The molecule has 46 heavy (non-hydrogen) atoms. The van der Waals surface area contributed by atoms with Crippen LogP contribution in [0.3, 0.4) is 0 Å². The van der Waals surface area contributed by atoms with E-state index in [1.165, 1.54) is 0 Å². The number of nitrogens with one attached hydrogen (secondary N) is 1. The average Bonchev–Trinajstić information content (AvgIpc) is 3.39. The van der Waals surface area contributed by atoms with Gasteiger partial charge >= 0.3 is 5.69 Å². The van der Waals surface area contributed by atoms with Gasteiger partial charge in [-0.2, -0.15) is 0 Å². The maximum atomic E-state index is 14.5. The summed E-state index contributed by atoms with van der Waals surface area (Å²) in [7, 11) is 0. The molecule has 8 nitrogen and oxygen atoms in total. The van der Waals surface area contributed by atoms with Gasteiger partial charge in [-0.3, -0.25) is 13.9 Å². The number of aryl methyl sites for hydroxylation is 1. The lowest BCUT2D eigenvalue weighted by atomic mass is 10.1. The number of benzene rings is 4. The third-order valence-corrected chi connectivity index (χ3v) is 7.75. The van der Waals surface area contributed by atoms with Crippen LogP contribution in [-0.4, -0.2) is 59.3 Å². The Morgan fingerprint density at radius 2 is 1.37 bits per heavy atom. The van der Waals surface area contributed by atoms with Gasteiger partial charge in [-0.05, 0) is 48.4 Å². The molecule has 0 atom stereocenters. The quantitative estimate of drug-likeness (QED) is 0.189. The first-order valence-corrected chi connectivity index (χ1v) is 16.0. The third kappa shape index (κ3) is 7.41. The third-order valence-electron chi connectivity index (χ3n) is 7.75. The number of carbonyl (C=O) groups is 1. The van der Waals surface area contributed by atoms with E-state index in [-0.39, 0.29) is 18.1 Å². The largest absolute Gasteiger partial charge is 0.490 e. The van der Waals surface area contributed by atoms with Crippen molar-refractivity contribution < 1.29 is 14.3 Å². The Labute approximate surface area is 270 Å². The van der Waals surface area contributed by atoms with Crippen LogP contribution in [0.15, 0.2) is 114 Å². The van der Waals surface area contributed by atoms with Crippen LogP contribution in [0.5, 0.6) is 11.5 Å². The molecule has 1 saturated heterocycles. The molecule has 0 radical (unpaired) electrons. The highest BCUT2D eigenvalue weighted by atomic mass is 16.5. The Balaban J connectivity index is 0.00000204. The topological polar surface area (TPSA) is 77.7 Å². The van der Waals surface area contributed by atoms with Gasteiger partial charge in [-0.15, -0.1) is 0 Å². The molecule has 1 fully saturated rings. The van der Waals surface area contributed by atoms with Crippen molar-refractivity contribution in [1.29, 1.82) is 0 Å². The fourth-order valence-electron chi connectivity index (χ4n) is 5.58. The highest BCUT2D eigenvalue weighted by Crippen LogP contribution is 2.29. The van der Waals surface area contributed by atoms with Crippen LogP contribution in [-0.2, 0) is 6.54 Å². The van der Waals surface area contributed by atoms with Gasteiger partial charge in [0.25, 0.3) is 5.91 Å². The molecule has 0 saturated carbocycles. The summed E-state index contributed by atoms with van der Waals surface area (Å²) in [5.41, 5.74) is 4.07. The van der Waals surface area contributed by atoms with E-state index in [2.05, 4.69) is 5.32 Å². The Bertz CT molecular complexity index is 1770. The zero-order valence-electron chi connectivity index (χ0n) is 26.8. The standard InChI is InChI=1S/C36H36N4O4.C2H6/c1-27-11-8-9-18-32(27)40-33(29-13-4-2-5-14-29)34(35(41)38-21-19-37-20-22-38)39(36(40)42)26-28-12-10-17-31(25-28)44-24-23-43-30-15-6-3-7-16-30;1-2/h2-18,25,37H,19-24,26H2,1H3;1-2H3. The van der Waals surface area contributed by atoms with Gasteiger partial charge in [-0.25, -0.2) is 4.79 Å². The molecule has 238 valence electrons. The zero-order chi connectivity index (χ0) is 32.3. The maximum absolute atomic E-state index is 14.5. The van der Waals surface area contributed by atoms with E-state index in [0.29, 0.717) is 56.5 Å². The molecular weight excluding hydrogens is 576 g/mol. The lowest BCUT2D eigenvalue weighted by Gasteiger charge is -2.28. The predicted octanol–water partition coefficient (Wildman–Crippen LogP) is 6.19. The minimum absolute atomic E-state index is 0.153. The van der Waals surface area contributed by atoms with Crippen molar-refractivity contribution in [3.05, 3.63) is 136 Å². The van der Waals surface area contributed by atoms with E-state index >= 15 is 0 Å². The Morgan fingerprint density at radius 1 is 0.761 bits per heavy atom. The number of amides is 1. The predicted molar refractivity (Wildman–Crippen MR) is 183 cm³/mol. The SMILES string of the molecule is CC.Cc1ccccc1-n1c(-c2ccccc2)c(C(=O)N2CCNCC2)n(Cc2cccc(OCCOc3ccccc3)c2)c1=O. The molecule has 1 N–H and O–H groups in total. The fourth-order valence-corrected chi connectivity index (χ4v) is 5.58. The molecule has 0 bridgehead atoms. The first kappa shape index (κ1) is 32.3. The van der Waals surface area contributed by atoms with Crippen LogP contribution < -0.4 is 20.5 Å². The van der Waals surface area contributed by atoms with Crippen molar-refractivity contribution in [2.24, 2.45) is 0 Å². The molecule has 0 unspecified atom stereocenters. The summed E-state index contributed by atoms with van der Waals surface area (Å²) < 4.78 is 15.1. The van der Waals surface area contributed by atoms with Crippen molar-refractivity contribution in [3.8, 4) is 28.4 Å². The zero-order valence-corrected chi connectivity index (χ0v) is 26.8. The van der Waals surface area contributed by atoms with Crippen molar-refractivity contribution in [1.82, 2.24) is 19.4 Å². The van der Waals surface area contributed by atoms with E-state index in [9.17, 15) is 9.59 Å². The number of hydrogen-bond acceptors (Lipinski definition) is 5. The molecule has 1 aliphatic rings. The number of rotatable bonds is 10. The summed E-state index contributed by atoms with van der Waals surface area (Å²) in [6, 6.07) is 34.8. The van der Waals surface area contributed by atoms with Crippen molar-refractivity contribution >= 4 is 5.91 Å². The van der Waals surface area contributed by atoms with Crippen LogP contribution in [0.1, 0.15) is 35.5 Å². The molecule has 8 heteroatoms. The van der Waals surface area contributed by atoms with E-state index in [1.54, 1.807) is 9.13 Å². The Kier molecular flexibility index (Phi) is 11.1. The Morgan fingerprint density at radius 3 is 2.07 bits per heavy atom. The van der Waals surface area contributed by atoms with Crippen molar-refractivity contribution in [2.75, 3.05) is 39.4 Å². The highest BCUT2D eigenvalue weighted by Gasteiger charge is 2.31. The summed E-state index contributed by atoms with van der Waals surface area (Å²) >= 11 is 0. The van der Waals surface area contributed by atoms with Gasteiger partial charge in [0.15, 0.2) is 0 Å². The molecule has 4 aromatic carbocycles. The normalized spacial score (nSPS) is 12.6. The van der Waals surface area contributed by atoms with Gasteiger partial charge in [0.1, 0.15) is 30.4 Å².